The average Bonchev–Trinajstić information content (AvgIpc) is 3.01. The van der Waals surface area contributed by atoms with Gasteiger partial charge in [-0.15, -0.1) is 0 Å². The van der Waals surface area contributed by atoms with E-state index in [-0.39, 0.29) is 5.95 Å². The van der Waals surface area contributed by atoms with E-state index in [4.69, 9.17) is 5.73 Å². The molecule has 0 spiro atoms. The van der Waals surface area contributed by atoms with Gasteiger partial charge in [0.05, 0.1) is 0 Å². The van der Waals surface area contributed by atoms with E-state index in [0.29, 0.717) is 11.9 Å². The normalized spacial score (nSPS) is 10.6. The Kier molecular flexibility index (Phi) is 3.23. The molecule has 0 atom stereocenters. The predicted octanol–water partition coefficient (Wildman–Crippen LogP) is 1.72. The first-order valence-electron chi connectivity index (χ1n) is 6.44. The lowest BCUT2D eigenvalue weighted by Gasteiger charge is -2.19. The molecule has 0 amide bonds. The molecule has 0 aliphatic heterocycles. The van der Waals surface area contributed by atoms with Gasteiger partial charge in [-0.25, -0.2) is 4.98 Å². The summed E-state index contributed by atoms with van der Waals surface area (Å²) in [4.78, 5) is 18.6. The summed E-state index contributed by atoms with van der Waals surface area (Å²) in [5.41, 5.74) is 7.94. The molecule has 0 bridgehead atoms. The third-order valence-corrected chi connectivity index (χ3v) is 3.14. The van der Waals surface area contributed by atoms with Crippen LogP contribution >= 0.6 is 0 Å². The van der Waals surface area contributed by atoms with E-state index in [1.54, 1.807) is 23.3 Å². The lowest BCUT2D eigenvalue weighted by molar-refractivity contribution is 0.886. The fourth-order valence-electron chi connectivity index (χ4n) is 2.06. The zero-order valence-electron chi connectivity index (χ0n) is 11.8. The zero-order valence-corrected chi connectivity index (χ0v) is 11.8. The number of para-hydroxylation sites is 1. The predicted molar refractivity (Wildman–Crippen MR) is 80.6 cm³/mol. The smallest absolute Gasteiger partial charge is 0.241 e. The lowest BCUT2D eigenvalue weighted by atomic mass is 10.2. The van der Waals surface area contributed by atoms with Crippen molar-refractivity contribution in [2.24, 2.45) is 0 Å². The molecular weight excluding hydrogens is 266 g/mol. The number of aromatic nitrogens is 5. The van der Waals surface area contributed by atoms with Crippen molar-refractivity contribution in [1.82, 2.24) is 24.5 Å². The van der Waals surface area contributed by atoms with E-state index in [2.05, 4.69) is 19.9 Å². The molecule has 21 heavy (non-hydrogen) atoms. The van der Waals surface area contributed by atoms with E-state index in [9.17, 15) is 0 Å². The minimum absolute atomic E-state index is 0.170. The molecule has 1 aromatic carbocycles. The zero-order chi connectivity index (χ0) is 14.8. The highest BCUT2D eigenvalue weighted by atomic mass is 15.3. The van der Waals surface area contributed by atoms with Gasteiger partial charge in [0.25, 0.3) is 0 Å². The van der Waals surface area contributed by atoms with Crippen LogP contribution in [0.1, 0.15) is 5.56 Å². The van der Waals surface area contributed by atoms with E-state index in [1.165, 1.54) is 0 Å². The molecule has 2 N–H and O–H groups in total. The number of aryl methyl sites for hydroxylation is 1. The molecule has 106 valence electrons. The van der Waals surface area contributed by atoms with Crippen LogP contribution in [0, 0.1) is 6.92 Å². The Labute approximate surface area is 122 Å². The molecule has 7 heteroatoms. The first kappa shape index (κ1) is 13.0. The van der Waals surface area contributed by atoms with Crippen LogP contribution in [0.2, 0.25) is 0 Å². The summed E-state index contributed by atoms with van der Waals surface area (Å²) >= 11 is 0. The number of hydrogen-bond acceptors (Lipinski definition) is 6. The Morgan fingerprint density at radius 1 is 1.14 bits per heavy atom. The molecule has 0 aliphatic carbocycles. The van der Waals surface area contributed by atoms with E-state index in [1.807, 2.05) is 43.1 Å². The van der Waals surface area contributed by atoms with Crippen molar-refractivity contribution in [3.8, 4) is 5.95 Å². The summed E-state index contributed by atoms with van der Waals surface area (Å²) in [6.45, 7) is 2.03. The van der Waals surface area contributed by atoms with E-state index in [0.717, 1.165) is 11.3 Å². The fourth-order valence-corrected chi connectivity index (χ4v) is 2.06. The molecule has 0 radical (unpaired) electrons. The maximum absolute atomic E-state index is 5.80. The standard InChI is InChI=1S/C14H15N7/c1-10-5-3-4-6-11(10)20(2)13-17-12(15)18-14(19-13)21-8-7-16-9-21/h3-9H,1-2H3,(H2,15,17,18,19). The number of nitrogens with two attached hydrogens (primary N) is 1. The molecule has 0 saturated heterocycles. The maximum Gasteiger partial charge on any atom is 0.241 e. The summed E-state index contributed by atoms with van der Waals surface area (Å²) in [5.74, 6) is 1.10. The monoisotopic (exact) mass is 281 g/mol. The van der Waals surface area contributed by atoms with Gasteiger partial charge < -0.3 is 10.6 Å². The molecule has 0 unspecified atom stereocenters. The number of nitrogen functional groups attached to an aromatic ring is 1. The Hall–Kier alpha value is -2.96. The largest absolute Gasteiger partial charge is 0.368 e. The van der Waals surface area contributed by atoms with Crippen molar-refractivity contribution in [3.05, 3.63) is 48.5 Å². The van der Waals surface area contributed by atoms with Crippen molar-refractivity contribution >= 4 is 17.6 Å². The first-order valence-corrected chi connectivity index (χ1v) is 6.44. The van der Waals surface area contributed by atoms with Gasteiger partial charge in [-0.2, -0.15) is 15.0 Å². The van der Waals surface area contributed by atoms with Crippen LogP contribution in [-0.2, 0) is 0 Å². The highest BCUT2D eigenvalue weighted by Crippen LogP contribution is 2.24. The summed E-state index contributed by atoms with van der Waals surface area (Å²) in [6, 6.07) is 8.00. The van der Waals surface area contributed by atoms with Crippen LogP contribution in [0.3, 0.4) is 0 Å². The Bertz CT molecular complexity index is 752. The fraction of sp³-hybridized carbons (Fsp3) is 0.143. The number of hydrogen-bond donors (Lipinski definition) is 1. The van der Waals surface area contributed by atoms with Gasteiger partial charge in [0.1, 0.15) is 6.33 Å². The summed E-state index contributed by atoms with van der Waals surface area (Å²) in [6.07, 6.45) is 5.03. The topological polar surface area (TPSA) is 85.8 Å². The van der Waals surface area contributed by atoms with E-state index >= 15 is 0 Å². The molecular formula is C14H15N7. The maximum atomic E-state index is 5.80. The molecule has 0 saturated carbocycles. The van der Waals surface area contributed by atoms with Gasteiger partial charge in [0.15, 0.2) is 0 Å². The van der Waals surface area contributed by atoms with Crippen molar-refractivity contribution in [2.75, 3.05) is 17.7 Å². The molecule has 7 nitrogen and oxygen atoms in total. The van der Waals surface area contributed by atoms with Gasteiger partial charge in [0, 0.05) is 25.1 Å². The van der Waals surface area contributed by atoms with Crippen LogP contribution < -0.4 is 10.6 Å². The third-order valence-electron chi connectivity index (χ3n) is 3.14. The quantitative estimate of drug-likeness (QED) is 0.786. The third kappa shape index (κ3) is 2.53. The molecule has 0 fully saturated rings. The number of anilines is 3. The second-order valence-corrected chi connectivity index (χ2v) is 4.61. The molecule has 3 rings (SSSR count). The average molecular weight is 281 g/mol. The van der Waals surface area contributed by atoms with Crippen LogP contribution in [0.5, 0.6) is 0 Å². The Morgan fingerprint density at radius 2 is 1.95 bits per heavy atom. The minimum Gasteiger partial charge on any atom is -0.368 e. The van der Waals surface area contributed by atoms with Gasteiger partial charge in [-0.1, -0.05) is 18.2 Å². The van der Waals surface area contributed by atoms with Crippen molar-refractivity contribution in [2.45, 2.75) is 6.92 Å². The van der Waals surface area contributed by atoms with Gasteiger partial charge in [-0.3, -0.25) is 4.57 Å². The first-order chi connectivity index (χ1) is 10.1. The number of benzene rings is 1. The lowest BCUT2D eigenvalue weighted by Crippen LogP contribution is -2.17. The number of imidazole rings is 1. The van der Waals surface area contributed by atoms with Crippen LogP contribution in [0.25, 0.3) is 5.95 Å². The molecule has 0 aliphatic rings. The highest BCUT2D eigenvalue weighted by molar-refractivity contribution is 5.61. The molecule has 2 aromatic heterocycles. The second kappa shape index (κ2) is 5.20. The van der Waals surface area contributed by atoms with Crippen LogP contribution in [-0.4, -0.2) is 31.6 Å². The molecule has 2 heterocycles. The number of nitrogens with zero attached hydrogens (tertiary/aromatic N) is 6. The van der Waals surface area contributed by atoms with Crippen molar-refractivity contribution < 1.29 is 0 Å². The summed E-state index contributed by atoms with van der Waals surface area (Å²) in [7, 11) is 1.90. The van der Waals surface area contributed by atoms with Crippen molar-refractivity contribution in [1.29, 1.82) is 0 Å². The SMILES string of the molecule is Cc1ccccc1N(C)c1nc(N)nc(-n2ccnc2)n1. The summed E-state index contributed by atoms with van der Waals surface area (Å²) < 4.78 is 1.69. The summed E-state index contributed by atoms with van der Waals surface area (Å²) in [5, 5.41) is 0. The minimum atomic E-state index is 0.170. The van der Waals surface area contributed by atoms with Crippen LogP contribution in [0.15, 0.2) is 43.0 Å². The Balaban J connectivity index is 2.05. The highest BCUT2D eigenvalue weighted by Gasteiger charge is 2.13. The Morgan fingerprint density at radius 3 is 2.67 bits per heavy atom. The van der Waals surface area contributed by atoms with E-state index < -0.39 is 0 Å². The molecule has 3 aromatic rings. The second-order valence-electron chi connectivity index (χ2n) is 4.61. The van der Waals surface area contributed by atoms with Gasteiger partial charge in [-0.05, 0) is 18.6 Å². The van der Waals surface area contributed by atoms with Crippen molar-refractivity contribution in [3.63, 3.8) is 0 Å². The number of rotatable bonds is 3. The van der Waals surface area contributed by atoms with Gasteiger partial charge in [0.2, 0.25) is 17.8 Å². The van der Waals surface area contributed by atoms with Crippen LogP contribution in [0.4, 0.5) is 17.6 Å². The van der Waals surface area contributed by atoms with Gasteiger partial charge >= 0.3 is 0 Å².